The molecule has 1 heterocycles. The number of carbonyl (C=O) groups excluding carboxylic acids is 1. The summed E-state index contributed by atoms with van der Waals surface area (Å²) in [5.41, 5.74) is 2.70. The van der Waals surface area contributed by atoms with Gasteiger partial charge in [0.15, 0.2) is 5.78 Å². The maximum atomic E-state index is 12.3. The van der Waals surface area contributed by atoms with E-state index in [1.807, 2.05) is 12.1 Å². The second kappa shape index (κ2) is 9.14. The van der Waals surface area contributed by atoms with E-state index in [0.717, 1.165) is 12.0 Å². The number of hydrogen-bond donors (Lipinski definition) is 0. The standard InChI is InChI=1S/C20H25NO/c1-2-3-4-5-6-7-9-17-11-13-18(14-12-17)20(22)19-10-8-15-21-16-19/h8,10-16H,2-7,9H2,1H3. The van der Waals surface area contributed by atoms with Gasteiger partial charge in [-0.05, 0) is 30.5 Å². The van der Waals surface area contributed by atoms with E-state index < -0.39 is 0 Å². The summed E-state index contributed by atoms with van der Waals surface area (Å²) in [6, 6.07) is 11.6. The predicted octanol–water partition coefficient (Wildman–Crippen LogP) is 5.22. The van der Waals surface area contributed by atoms with Gasteiger partial charge in [0.25, 0.3) is 0 Å². The Hall–Kier alpha value is -1.96. The quantitative estimate of drug-likeness (QED) is 0.469. The number of carbonyl (C=O) groups is 1. The molecule has 1 aromatic heterocycles. The average Bonchev–Trinajstić information content (AvgIpc) is 2.59. The number of hydrogen-bond acceptors (Lipinski definition) is 2. The van der Waals surface area contributed by atoms with Gasteiger partial charge in [0, 0.05) is 23.5 Å². The third kappa shape index (κ3) is 5.10. The summed E-state index contributed by atoms with van der Waals surface area (Å²) in [6.07, 6.45) is 12.3. The Labute approximate surface area is 133 Å². The first-order chi connectivity index (χ1) is 10.8. The summed E-state index contributed by atoms with van der Waals surface area (Å²) in [7, 11) is 0. The SMILES string of the molecule is CCCCCCCCc1ccc(C(=O)c2cccnc2)cc1. The van der Waals surface area contributed by atoms with Crippen LogP contribution in [0.3, 0.4) is 0 Å². The van der Waals surface area contributed by atoms with Crippen molar-refractivity contribution >= 4 is 5.78 Å². The molecule has 0 amide bonds. The zero-order chi connectivity index (χ0) is 15.6. The van der Waals surface area contributed by atoms with Gasteiger partial charge >= 0.3 is 0 Å². The molecule has 0 aliphatic carbocycles. The summed E-state index contributed by atoms with van der Waals surface area (Å²) in [4.78, 5) is 16.3. The lowest BCUT2D eigenvalue weighted by molar-refractivity contribution is 0.103. The third-order valence-electron chi connectivity index (χ3n) is 3.96. The number of ketones is 1. The van der Waals surface area contributed by atoms with Gasteiger partial charge in [0.2, 0.25) is 0 Å². The first-order valence-electron chi connectivity index (χ1n) is 8.35. The maximum Gasteiger partial charge on any atom is 0.194 e. The van der Waals surface area contributed by atoms with E-state index >= 15 is 0 Å². The van der Waals surface area contributed by atoms with Gasteiger partial charge in [0.1, 0.15) is 0 Å². The van der Waals surface area contributed by atoms with Crippen LogP contribution in [0, 0.1) is 0 Å². The van der Waals surface area contributed by atoms with Crippen LogP contribution in [0.1, 0.15) is 66.9 Å². The summed E-state index contributed by atoms with van der Waals surface area (Å²) < 4.78 is 0. The smallest absolute Gasteiger partial charge is 0.194 e. The zero-order valence-electron chi connectivity index (χ0n) is 13.4. The molecule has 0 saturated carbocycles. The minimum absolute atomic E-state index is 0.0409. The molecule has 0 aliphatic heterocycles. The van der Waals surface area contributed by atoms with E-state index in [9.17, 15) is 4.79 Å². The van der Waals surface area contributed by atoms with Gasteiger partial charge in [-0.2, -0.15) is 0 Å². The topological polar surface area (TPSA) is 30.0 Å². The van der Waals surface area contributed by atoms with Crippen molar-refractivity contribution in [3.63, 3.8) is 0 Å². The Kier molecular flexibility index (Phi) is 6.82. The Morgan fingerprint density at radius 3 is 2.32 bits per heavy atom. The van der Waals surface area contributed by atoms with E-state index in [2.05, 4.69) is 24.0 Å². The molecule has 2 nitrogen and oxygen atoms in total. The lowest BCUT2D eigenvalue weighted by atomic mass is 10.0. The molecule has 0 fully saturated rings. The van der Waals surface area contributed by atoms with Crippen LogP contribution in [-0.2, 0) is 6.42 Å². The van der Waals surface area contributed by atoms with Crippen molar-refractivity contribution in [3.05, 3.63) is 65.5 Å². The molecular formula is C20H25NO. The minimum atomic E-state index is 0.0409. The molecule has 2 rings (SSSR count). The first kappa shape index (κ1) is 16.4. The fourth-order valence-corrected chi connectivity index (χ4v) is 2.60. The van der Waals surface area contributed by atoms with Crippen LogP contribution in [-0.4, -0.2) is 10.8 Å². The molecule has 2 heteroatoms. The Morgan fingerprint density at radius 2 is 1.64 bits per heavy atom. The molecule has 2 aromatic rings. The van der Waals surface area contributed by atoms with E-state index in [-0.39, 0.29) is 5.78 Å². The first-order valence-corrected chi connectivity index (χ1v) is 8.35. The van der Waals surface area contributed by atoms with Crippen molar-refractivity contribution in [2.75, 3.05) is 0 Å². The van der Waals surface area contributed by atoms with Gasteiger partial charge in [-0.3, -0.25) is 9.78 Å². The summed E-state index contributed by atoms with van der Waals surface area (Å²) in [5, 5.41) is 0. The summed E-state index contributed by atoms with van der Waals surface area (Å²) >= 11 is 0. The Balaban J connectivity index is 1.82. The van der Waals surface area contributed by atoms with Crippen LogP contribution in [0.2, 0.25) is 0 Å². The molecule has 116 valence electrons. The van der Waals surface area contributed by atoms with Crippen LogP contribution in [0.25, 0.3) is 0 Å². The normalized spacial score (nSPS) is 10.6. The van der Waals surface area contributed by atoms with Crippen LogP contribution in [0.4, 0.5) is 0 Å². The van der Waals surface area contributed by atoms with Crippen LogP contribution >= 0.6 is 0 Å². The molecule has 0 radical (unpaired) electrons. The van der Waals surface area contributed by atoms with Crippen molar-refractivity contribution in [1.82, 2.24) is 4.98 Å². The van der Waals surface area contributed by atoms with Crippen molar-refractivity contribution in [3.8, 4) is 0 Å². The number of benzene rings is 1. The second-order valence-electron chi connectivity index (χ2n) is 5.79. The van der Waals surface area contributed by atoms with Gasteiger partial charge < -0.3 is 0 Å². The molecule has 0 unspecified atom stereocenters. The fourth-order valence-electron chi connectivity index (χ4n) is 2.60. The van der Waals surface area contributed by atoms with Crippen molar-refractivity contribution in [2.24, 2.45) is 0 Å². The third-order valence-corrected chi connectivity index (χ3v) is 3.96. The number of rotatable bonds is 9. The number of pyridine rings is 1. The van der Waals surface area contributed by atoms with Crippen LogP contribution in [0.5, 0.6) is 0 Å². The molecule has 0 aliphatic rings. The maximum absolute atomic E-state index is 12.3. The van der Waals surface area contributed by atoms with Crippen molar-refractivity contribution < 1.29 is 4.79 Å². The molecular weight excluding hydrogens is 270 g/mol. The summed E-state index contributed by atoms with van der Waals surface area (Å²) in [6.45, 7) is 2.24. The molecule has 0 spiro atoms. The second-order valence-corrected chi connectivity index (χ2v) is 5.79. The zero-order valence-corrected chi connectivity index (χ0v) is 13.4. The van der Waals surface area contributed by atoms with Crippen molar-refractivity contribution in [1.29, 1.82) is 0 Å². The van der Waals surface area contributed by atoms with E-state index in [4.69, 9.17) is 0 Å². The Morgan fingerprint density at radius 1 is 0.909 bits per heavy atom. The number of aromatic nitrogens is 1. The molecule has 0 N–H and O–H groups in total. The highest BCUT2D eigenvalue weighted by Crippen LogP contribution is 2.13. The van der Waals surface area contributed by atoms with E-state index in [1.165, 1.54) is 44.1 Å². The van der Waals surface area contributed by atoms with Crippen LogP contribution in [0.15, 0.2) is 48.8 Å². The van der Waals surface area contributed by atoms with Gasteiger partial charge in [-0.15, -0.1) is 0 Å². The highest BCUT2D eigenvalue weighted by Gasteiger charge is 2.08. The van der Waals surface area contributed by atoms with Gasteiger partial charge in [0.05, 0.1) is 0 Å². The summed E-state index contributed by atoms with van der Waals surface area (Å²) in [5.74, 6) is 0.0409. The highest BCUT2D eigenvalue weighted by molar-refractivity contribution is 6.08. The monoisotopic (exact) mass is 295 g/mol. The van der Waals surface area contributed by atoms with Crippen LogP contribution < -0.4 is 0 Å². The largest absolute Gasteiger partial charge is 0.289 e. The molecule has 0 atom stereocenters. The molecule has 0 saturated heterocycles. The van der Waals surface area contributed by atoms with E-state index in [1.54, 1.807) is 24.5 Å². The highest BCUT2D eigenvalue weighted by atomic mass is 16.1. The van der Waals surface area contributed by atoms with E-state index in [0.29, 0.717) is 5.56 Å². The molecule has 0 bridgehead atoms. The lowest BCUT2D eigenvalue weighted by Gasteiger charge is -2.04. The lowest BCUT2D eigenvalue weighted by Crippen LogP contribution is -2.01. The predicted molar refractivity (Wildman–Crippen MR) is 91.2 cm³/mol. The van der Waals surface area contributed by atoms with Gasteiger partial charge in [-0.1, -0.05) is 63.3 Å². The fraction of sp³-hybridized carbons (Fsp3) is 0.400. The Bertz CT molecular complexity index is 560. The average molecular weight is 295 g/mol. The molecule has 1 aromatic carbocycles. The van der Waals surface area contributed by atoms with Crippen molar-refractivity contribution in [2.45, 2.75) is 51.9 Å². The van der Waals surface area contributed by atoms with Gasteiger partial charge in [-0.25, -0.2) is 0 Å². The number of nitrogens with zero attached hydrogens (tertiary/aromatic N) is 1. The molecule has 22 heavy (non-hydrogen) atoms. The minimum Gasteiger partial charge on any atom is -0.289 e. The number of unbranched alkanes of at least 4 members (excludes halogenated alkanes) is 5. The number of aryl methyl sites for hydroxylation is 1.